The van der Waals surface area contributed by atoms with Crippen LogP contribution in [0.25, 0.3) is 0 Å². The quantitative estimate of drug-likeness (QED) is 0.808. The first-order valence-corrected chi connectivity index (χ1v) is 5.96. The highest BCUT2D eigenvalue weighted by atomic mass is 16.5. The zero-order chi connectivity index (χ0) is 12.8. The fourth-order valence-electron chi connectivity index (χ4n) is 1.67. The van der Waals surface area contributed by atoms with E-state index in [1.54, 1.807) is 12.3 Å². The van der Waals surface area contributed by atoms with Gasteiger partial charge in [0.05, 0.1) is 24.0 Å². The fourth-order valence-corrected chi connectivity index (χ4v) is 1.67. The Hall–Kier alpha value is -2.28. The lowest BCUT2D eigenvalue weighted by Crippen LogP contribution is -1.96. The molecule has 0 amide bonds. The van der Waals surface area contributed by atoms with Crippen LogP contribution in [0.5, 0.6) is 5.75 Å². The molecule has 4 nitrogen and oxygen atoms in total. The van der Waals surface area contributed by atoms with Crippen LogP contribution in [-0.2, 0) is 13.2 Å². The van der Waals surface area contributed by atoms with Crippen LogP contribution in [0.15, 0.2) is 36.7 Å². The molecule has 0 N–H and O–H groups in total. The van der Waals surface area contributed by atoms with Gasteiger partial charge in [-0.3, -0.25) is 4.68 Å². The monoisotopic (exact) mass is 241 g/mol. The SMILES string of the molecule is CCCn1cc(OCc2cccc(C#N)c2)cn1. The molecule has 0 saturated heterocycles. The molecule has 0 unspecified atom stereocenters. The molecule has 2 rings (SSSR count). The molecule has 0 spiro atoms. The van der Waals surface area contributed by atoms with E-state index in [0.29, 0.717) is 12.2 Å². The highest BCUT2D eigenvalue weighted by Gasteiger charge is 2.00. The summed E-state index contributed by atoms with van der Waals surface area (Å²) in [7, 11) is 0. The molecule has 0 atom stereocenters. The minimum Gasteiger partial charge on any atom is -0.486 e. The molecule has 0 radical (unpaired) electrons. The fraction of sp³-hybridized carbons (Fsp3) is 0.286. The lowest BCUT2D eigenvalue weighted by atomic mass is 10.1. The van der Waals surface area contributed by atoms with E-state index in [9.17, 15) is 0 Å². The first-order chi connectivity index (χ1) is 8.81. The average molecular weight is 241 g/mol. The van der Waals surface area contributed by atoms with Crippen molar-refractivity contribution in [2.75, 3.05) is 0 Å². The first-order valence-electron chi connectivity index (χ1n) is 5.96. The Bertz CT molecular complexity index is 554. The Morgan fingerprint density at radius 2 is 2.33 bits per heavy atom. The molecule has 1 aromatic carbocycles. The summed E-state index contributed by atoms with van der Waals surface area (Å²) in [6, 6.07) is 9.53. The molecule has 92 valence electrons. The van der Waals surface area contributed by atoms with E-state index in [1.807, 2.05) is 29.1 Å². The minimum atomic E-state index is 0.452. The first kappa shape index (κ1) is 12.2. The van der Waals surface area contributed by atoms with Crippen LogP contribution in [0, 0.1) is 11.3 Å². The van der Waals surface area contributed by atoms with Crippen LogP contribution in [0.3, 0.4) is 0 Å². The lowest BCUT2D eigenvalue weighted by Gasteiger charge is -2.03. The Labute approximate surface area is 106 Å². The van der Waals surface area contributed by atoms with Gasteiger partial charge < -0.3 is 4.74 Å². The number of aromatic nitrogens is 2. The molecule has 0 aliphatic carbocycles. The van der Waals surface area contributed by atoms with Gasteiger partial charge >= 0.3 is 0 Å². The van der Waals surface area contributed by atoms with Crippen molar-refractivity contribution in [2.24, 2.45) is 0 Å². The van der Waals surface area contributed by atoms with E-state index in [1.165, 1.54) is 0 Å². The second-order valence-electron chi connectivity index (χ2n) is 4.04. The van der Waals surface area contributed by atoms with E-state index < -0.39 is 0 Å². The topological polar surface area (TPSA) is 50.8 Å². The van der Waals surface area contributed by atoms with Gasteiger partial charge in [0.1, 0.15) is 6.61 Å². The second-order valence-corrected chi connectivity index (χ2v) is 4.04. The van der Waals surface area contributed by atoms with Crippen LogP contribution in [0.1, 0.15) is 24.5 Å². The Kier molecular flexibility index (Phi) is 3.98. The maximum atomic E-state index is 8.81. The van der Waals surface area contributed by atoms with Gasteiger partial charge in [0.25, 0.3) is 0 Å². The molecular formula is C14H15N3O. The summed E-state index contributed by atoms with van der Waals surface area (Å²) in [6.07, 6.45) is 4.65. The van der Waals surface area contributed by atoms with Gasteiger partial charge in [-0.25, -0.2) is 0 Å². The number of nitrogens with zero attached hydrogens (tertiary/aromatic N) is 3. The molecule has 0 fully saturated rings. The highest BCUT2D eigenvalue weighted by molar-refractivity contribution is 5.32. The normalized spacial score (nSPS) is 10.0. The van der Waals surface area contributed by atoms with Gasteiger partial charge in [0.2, 0.25) is 0 Å². The number of aryl methyl sites for hydroxylation is 1. The third kappa shape index (κ3) is 3.11. The molecule has 1 heterocycles. The smallest absolute Gasteiger partial charge is 0.157 e. The van der Waals surface area contributed by atoms with E-state index in [2.05, 4.69) is 18.1 Å². The average Bonchev–Trinajstić information content (AvgIpc) is 2.85. The number of hydrogen-bond donors (Lipinski definition) is 0. The van der Waals surface area contributed by atoms with Crippen molar-refractivity contribution in [3.05, 3.63) is 47.8 Å². The predicted octanol–water partition coefficient (Wildman–Crippen LogP) is 2.74. The molecule has 1 aromatic heterocycles. The summed E-state index contributed by atoms with van der Waals surface area (Å²) in [4.78, 5) is 0. The largest absolute Gasteiger partial charge is 0.486 e. The van der Waals surface area contributed by atoms with Crippen LogP contribution in [0.2, 0.25) is 0 Å². The zero-order valence-electron chi connectivity index (χ0n) is 10.3. The van der Waals surface area contributed by atoms with Gasteiger partial charge in [-0.2, -0.15) is 10.4 Å². The number of rotatable bonds is 5. The summed E-state index contributed by atoms with van der Waals surface area (Å²) in [5.41, 5.74) is 1.63. The molecule has 0 bridgehead atoms. The van der Waals surface area contributed by atoms with Gasteiger partial charge in [-0.1, -0.05) is 19.1 Å². The predicted molar refractivity (Wildman–Crippen MR) is 68.0 cm³/mol. The Morgan fingerprint density at radius 3 is 3.11 bits per heavy atom. The number of nitriles is 1. The Morgan fingerprint density at radius 1 is 1.44 bits per heavy atom. The number of benzene rings is 1. The molecule has 2 aromatic rings. The van der Waals surface area contributed by atoms with Gasteiger partial charge in [0, 0.05) is 6.54 Å². The van der Waals surface area contributed by atoms with E-state index in [0.717, 1.165) is 24.3 Å². The zero-order valence-corrected chi connectivity index (χ0v) is 10.3. The van der Waals surface area contributed by atoms with Crippen molar-refractivity contribution in [3.8, 4) is 11.8 Å². The standard InChI is InChI=1S/C14H15N3O/c1-2-6-17-10-14(9-16-17)18-11-13-5-3-4-12(7-13)8-15/h3-5,7,9-10H,2,6,11H2,1H3. The van der Waals surface area contributed by atoms with Crippen LogP contribution in [-0.4, -0.2) is 9.78 Å². The molecule has 0 aliphatic rings. The van der Waals surface area contributed by atoms with Gasteiger partial charge in [0.15, 0.2) is 5.75 Å². The summed E-state index contributed by atoms with van der Waals surface area (Å²) in [5.74, 6) is 0.755. The molecule has 0 aliphatic heterocycles. The van der Waals surface area contributed by atoms with Gasteiger partial charge in [-0.15, -0.1) is 0 Å². The number of hydrogen-bond acceptors (Lipinski definition) is 3. The highest BCUT2D eigenvalue weighted by Crippen LogP contribution is 2.12. The Balaban J connectivity index is 1.96. The van der Waals surface area contributed by atoms with Crippen molar-refractivity contribution < 1.29 is 4.74 Å². The third-order valence-electron chi connectivity index (χ3n) is 2.52. The van der Waals surface area contributed by atoms with Crippen LogP contribution in [0.4, 0.5) is 0 Å². The summed E-state index contributed by atoms with van der Waals surface area (Å²) in [6.45, 7) is 3.45. The lowest BCUT2D eigenvalue weighted by molar-refractivity contribution is 0.305. The van der Waals surface area contributed by atoms with Crippen molar-refractivity contribution >= 4 is 0 Å². The minimum absolute atomic E-state index is 0.452. The van der Waals surface area contributed by atoms with E-state index in [-0.39, 0.29) is 0 Å². The van der Waals surface area contributed by atoms with E-state index in [4.69, 9.17) is 10.00 Å². The maximum Gasteiger partial charge on any atom is 0.157 e. The molecule has 4 heteroatoms. The van der Waals surface area contributed by atoms with E-state index >= 15 is 0 Å². The third-order valence-corrected chi connectivity index (χ3v) is 2.52. The molecule has 18 heavy (non-hydrogen) atoms. The molecular weight excluding hydrogens is 226 g/mol. The maximum absolute atomic E-state index is 8.81. The number of ether oxygens (including phenoxy) is 1. The summed E-state index contributed by atoms with van der Waals surface area (Å²) >= 11 is 0. The summed E-state index contributed by atoms with van der Waals surface area (Å²) in [5, 5.41) is 13.0. The van der Waals surface area contributed by atoms with Crippen LogP contribution < -0.4 is 4.74 Å². The van der Waals surface area contributed by atoms with Gasteiger partial charge in [-0.05, 0) is 24.1 Å². The van der Waals surface area contributed by atoms with Crippen molar-refractivity contribution in [3.63, 3.8) is 0 Å². The van der Waals surface area contributed by atoms with Crippen molar-refractivity contribution in [2.45, 2.75) is 26.5 Å². The van der Waals surface area contributed by atoms with Crippen molar-refractivity contribution in [1.82, 2.24) is 9.78 Å². The summed E-state index contributed by atoms with van der Waals surface area (Å²) < 4.78 is 7.49. The second kappa shape index (κ2) is 5.87. The van der Waals surface area contributed by atoms with Crippen LogP contribution >= 0.6 is 0 Å². The molecule has 0 saturated carbocycles. The van der Waals surface area contributed by atoms with Crippen molar-refractivity contribution in [1.29, 1.82) is 5.26 Å².